The van der Waals surface area contributed by atoms with Gasteiger partial charge in [0, 0.05) is 75.1 Å². The number of rotatable bonds is 0. The summed E-state index contributed by atoms with van der Waals surface area (Å²) in [5.74, 6) is 0. The van der Waals surface area contributed by atoms with Gasteiger partial charge in [0.15, 0.2) is 0 Å². The van der Waals surface area contributed by atoms with Crippen molar-refractivity contribution < 1.29 is 75.1 Å². The van der Waals surface area contributed by atoms with Crippen LogP contribution in [0.25, 0.3) is 0 Å². The van der Waals surface area contributed by atoms with E-state index in [0.29, 0.717) is 0 Å². The Hall–Kier alpha value is 2.36. The maximum Gasteiger partial charge on any atom is 0 e. The van der Waals surface area contributed by atoms with Crippen LogP contribution in [-0.2, 0) is 75.1 Å². The third-order valence-electron chi connectivity index (χ3n) is 0. The van der Waals surface area contributed by atoms with Gasteiger partial charge in [-0.05, 0) is 0 Å². The van der Waals surface area contributed by atoms with Gasteiger partial charge >= 0.3 is 0 Å². The summed E-state index contributed by atoms with van der Waals surface area (Å²) < 4.78 is 0. The molecule has 0 amide bonds. The van der Waals surface area contributed by atoms with Crippen LogP contribution in [0.3, 0.4) is 0 Å². The SMILES string of the molecule is [Au].[Co].[Ni].[Ru]. The van der Waals surface area contributed by atoms with Gasteiger partial charge in [-0.15, -0.1) is 0 Å². The summed E-state index contributed by atoms with van der Waals surface area (Å²) >= 11 is 0. The van der Waals surface area contributed by atoms with E-state index in [1.807, 2.05) is 0 Å². The molecule has 0 aliphatic heterocycles. The van der Waals surface area contributed by atoms with Crippen molar-refractivity contribution in [3.8, 4) is 0 Å². The molecule has 0 saturated heterocycles. The summed E-state index contributed by atoms with van der Waals surface area (Å²) in [5, 5.41) is 0. The van der Waals surface area contributed by atoms with Gasteiger partial charge < -0.3 is 0 Å². The predicted octanol–water partition coefficient (Wildman–Crippen LogP) is -0.0100. The molecule has 0 heterocycles. The van der Waals surface area contributed by atoms with Crippen molar-refractivity contribution in [3.63, 3.8) is 0 Å². The molecule has 0 unspecified atom stereocenters. The molecule has 4 heavy (non-hydrogen) atoms. The normalized spacial score (nSPS) is 0. The Kier molecular flexibility index (Phi) is 150. The zero-order chi connectivity index (χ0) is 0. The summed E-state index contributed by atoms with van der Waals surface area (Å²) in [5.41, 5.74) is 0. The van der Waals surface area contributed by atoms with Crippen LogP contribution in [0.1, 0.15) is 0 Å². The van der Waals surface area contributed by atoms with Crippen molar-refractivity contribution in [2.75, 3.05) is 0 Å². The van der Waals surface area contributed by atoms with Gasteiger partial charge in [-0.25, -0.2) is 0 Å². The van der Waals surface area contributed by atoms with Crippen LogP contribution >= 0.6 is 0 Å². The minimum absolute atomic E-state index is 0. The van der Waals surface area contributed by atoms with Gasteiger partial charge in [0.05, 0.1) is 0 Å². The molecule has 0 aromatic heterocycles. The zero-order valence-electron chi connectivity index (χ0n) is 1.30. The summed E-state index contributed by atoms with van der Waals surface area (Å²) in [6, 6.07) is 0. The monoisotopic (exact) mass is 416 g/mol. The van der Waals surface area contributed by atoms with Crippen LogP contribution in [0, 0.1) is 0 Å². The first-order chi connectivity index (χ1) is 0. The van der Waals surface area contributed by atoms with E-state index in [-0.39, 0.29) is 75.1 Å². The molecule has 4 heteroatoms. The first-order valence-corrected chi connectivity index (χ1v) is 0. The molecule has 0 rings (SSSR count). The van der Waals surface area contributed by atoms with Crippen LogP contribution in [0.15, 0.2) is 0 Å². The van der Waals surface area contributed by atoms with E-state index >= 15 is 0 Å². The number of hydrogen-bond acceptors (Lipinski definition) is 0. The Labute approximate surface area is 74.3 Å². The molecule has 0 aromatic carbocycles. The van der Waals surface area contributed by atoms with Gasteiger partial charge in [-0.1, -0.05) is 0 Å². The maximum atomic E-state index is 0. The van der Waals surface area contributed by atoms with Gasteiger partial charge in [-0.2, -0.15) is 0 Å². The first-order valence-electron chi connectivity index (χ1n) is 0. The molecule has 0 aliphatic rings. The van der Waals surface area contributed by atoms with Crippen molar-refractivity contribution in [2.45, 2.75) is 0 Å². The second-order valence-corrected chi connectivity index (χ2v) is 0. The maximum absolute atomic E-state index is 0. The Morgan fingerprint density at radius 2 is 1.00 bits per heavy atom. The van der Waals surface area contributed by atoms with Crippen LogP contribution in [0.4, 0.5) is 0 Å². The topological polar surface area (TPSA) is 0 Å². The molecule has 0 saturated carbocycles. The molecule has 0 spiro atoms. The molecule has 0 aliphatic carbocycles. The molecule has 0 aromatic rings. The minimum Gasteiger partial charge on any atom is 0 e. The smallest absolute Gasteiger partial charge is 0 e. The Bertz CT molecular complexity index is 8.00. The molecule has 0 N–H and O–H groups in total. The molecule has 0 atom stereocenters. The third kappa shape index (κ3) is 8.84. The van der Waals surface area contributed by atoms with Gasteiger partial charge in [0.2, 0.25) is 0 Å². The molecule has 0 nitrogen and oxygen atoms in total. The largest absolute Gasteiger partial charge is 0 e. The molecule has 2 radical (unpaired) electrons. The van der Waals surface area contributed by atoms with E-state index in [1.165, 1.54) is 0 Å². The van der Waals surface area contributed by atoms with E-state index in [9.17, 15) is 0 Å². The number of hydrogen-bond donors (Lipinski definition) is 0. The van der Waals surface area contributed by atoms with Crippen LogP contribution in [-0.4, -0.2) is 0 Å². The van der Waals surface area contributed by atoms with E-state index in [0.717, 1.165) is 0 Å². The van der Waals surface area contributed by atoms with Crippen molar-refractivity contribution in [1.82, 2.24) is 0 Å². The molecule has 0 fully saturated rings. The average molecular weight is 416 g/mol. The fraction of sp³-hybridized carbons (Fsp3) is 0. The van der Waals surface area contributed by atoms with Gasteiger partial charge in [0.25, 0.3) is 0 Å². The Morgan fingerprint density at radius 3 is 1.00 bits per heavy atom. The summed E-state index contributed by atoms with van der Waals surface area (Å²) in [7, 11) is 0. The molecule has 38 valence electrons. The standard InChI is InChI=1S/Au.Co.Ni.Ru. The van der Waals surface area contributed by atoms with E-state index < -0.39 is 0 Å². The van der Waals surface area contributed by atoms with Crippen LogP contribution in [0.5, 0.6) is 0 Å². The zero-order valence-corrected chi connectivity index (χ0v) is 7.24. The van der Waals surface area contributed by atoms with Gasteiger partial charge in [-0.3, -0.25) is 0 Å². The molecular formula is AuCoNiRu. The minimum atomic E-state index is 0. The average Bonchev–Trinajstić information content (AvgIpc) is 0. The van der Waals surface area contributed by atoms with E-state index in [2.05, 4.69) is 0 Å². The van der Waals surface area contributed by atoms with Crippen molar-refractivity contribution in [2.24, 2.45) is 0 Å². The summed E-state index contributed by atoms with van der Waals surface area (Å²) in [4.78, 5) is 0. The van der Waals surface area contributed by atoms with E-state index in [4.69, 9.17) is 0 Å². The second-order valence-electron chi connectivity index (χ2n) is 0. The van der Waals surface area contributed by atoms with E-state index in [1.54, 1.807) is 0 Å². The third-order valence-corrected chi connectivity index (χ3v) is 0. The fourth-order valence-corrected chi connectivity index (χ4v) is 0. The van der Waals surface area contributed by atoms with Crippen molar-refractivity contribution >= 4 is 0 Å². The van der Waals surface area contributed by atoms with Gasteiger partial charge in [0.1, 0.15) is 0 Å². The second kappa shape index (κ2) is 18.3. The summed E-state index contributed by atoms with van der Waals surface area (Å²) in [6.07, 6.45) is 0. The Morgan fingerprint density at radius 1 is 1.00 bits per heavy atom. The molecule has 0 bridgehead atoms. The van der Waals surface area contributed by atoms with Crippen molar-refractivity contribution in [1.29, 1.82) is 0 Å². The predicted molar refractivity (Wildman–Crippen MR) is 0 cm³/mol. The van der Waals surface area contributed by atoms with Crippen LogP contribution in [0.2, 0.25) is 0 Å². The summed E-state index contributed by atoms with van der Waals surface area (Å²) in [6.45, 7) is 0. The first kappa shape index (κ1) is 32.8. The van der Waals surface area contributed by atoms with Crippen LogP contribution < -0.4 is 0 Å². The quantitative estimate of drug-likeness (QED) is 0.488. The van der Waals surface area contributed by atoms with Crippen molar-refractivity contribution in [3.05, 3.63) is 0 Å². The Balaban J connectivity index is 0. The molecular weight excluding hydrogens is 416 g/mol. The fourth-order valence-electron chi connectivity index (χ4n) is 0.